The van der Waals surface area contributed by atoms with E-state index in [-0.39, 0.29) is 0 Å². The second-order valence-corrected chi connectivity index (χ2v) is 5.40. The van der Waals surface area contributed by atoms with Crippen LogP contribution in [0.4, 0.5) is 5.69 Å². The van der Waals surface area contributed by atoms with E-state index in [1.165, 1.54) is 0 Å². The maximum Gasteiger partial charge on any atom is 0.187 e. The highest BCUT2D eigenvalue weighted by Gasteiger charge is 2.11. The smallest absolute Gasteiger partial charge is 0.187 e. The predicted molar refractivity (Wildman–Crippen MR) is 81.7 cm³/mol. The van der Waals surface area contributed by atoms with Crippen LogP contribution in [0.15, 0.2) is 46.9 Å². The van der Waals surface area contributed by atoms with Gasteiger partial charge in [-0.15, -0.1) is 5.10 Å². The average Bonchev–Trinajstić information content (AvgIpc) is 2.92. The summed E-state index contributed by atoms with van der Waals surface area (Å²) >= 11 is 9.46. The van der Waals surface area contributed by atoms with Crippen LogP contribution in [0.3, 0.4) is 0 Å². The van der Waals surface area contributed by atoms with E-state index in [9.17, 15) is 0 Å². The Labute approximate surface area is 128 Å². The third-order valence-corrected chi connectivity index (χ3v) is 4.02. The van der Waals surface area contributed by atoms with Crippen molar-refractivity contribution in [1.82, 2.24) is 20.2 Å². The molecule has 3 rings (SSSR count). The van der Waals surface area contributed by atoms with Crippen LogP contribution in [0.25, 0.3) is 17.1 Å². The first-order valence-electron chi connectivity index (χ1n) is 5.75. The molecule has 0 saturated carbocycles. The van der Waals surface area contributed by atoms with E-state index in [1.54, 1.807) is 10.7 Å². The minimum absolute atomic E-state index is 0.598. The van der Waals surface area contributed by atoms with E-state index in [4.69, 9.17) is 17.3 Å². The average molecular weight is 351 g/mol. The number of rotatable bonds is 2. The molecule has 0 radical (unpaired) electrons. The van der Waals surface area contributed by atoms with Crippen molar-refractivity contribution in [2.75, 3.05) is 5.73 Å². The number of nitrogens with two attached hydrogens (primary N) is 1. The van der Waals surface area contributed by atoms with E-state index in [1.807, 2.05) is 36.4 Å². The van der Waals surface area contributed by atoms with Gasteiger partial charge in [-0.25, -0.2) is 0 Å². The normalized spacial score (nSPS) is 10.7. The largest absolute Gasteiger partial charge is 0.399 e. The number of nitrogens with zero attached hydrogens (tertiary/aromatic N) is 4. The molecule has 1 heterocycles. The molecule has 20 heavy (non-hydrogen) atoms. The molecule has 0 aliphatic heterocycles. The van der Waals surface area contributed by atoms with Gasteiger partial charge >= 0.3 is 0 Å². The highest BCUT2D eigenvalue weighted by atomic mass is 79.9. The molecule has 0 bridgehead atoms. The Kier molecular flexibility index (Phi) is 3.42. The summed E-state index contributed by atoms with van der Waals surface area (Å²) in [4.78, 5) is 0. The van der Waals surface area contributed by atoms with Crippen molar-refractivity contribution in [2.24, 2.45) is 0 Å². The van der Waals surface area contributed by atoms with Crippen LogP contribution in [0.1, 0.15) is 0 Å². The fourth-order valence-corrected chi connectivity index (χ4v) is 2.21. The van der Waals surface area contributed by atoms with Gasteiger partial charge in [-0.3, -0.25) is 0 Å². The summed E-state index contributed by atoms with van der Waals surface area (Å²) in [6, 6.07) is 12.9. The van der Waals surface area contributed by atoms with Crippen LogP contribution in [0.5, 0.6) is 0 Å². The first-order valence-corrected chi connectivity index (χ1v) is 6.92. The number of hydrogen-bond acceptors (Lipinski definition) is 4. The lowest BCUT2D eigenvalue weighted by atomic mass is 10.2. The molecule has 3 aromatic rings. The summed E-state index contributed by atoms with van der Waals surface area (Å²) in [6.45, 7) is 0. The van der Waals surface area contributed by atoms with E-state index < -0.39 is 0 Å². The molecule has 2 aromatic carbocycles. The molecule has 0 saturated heterocycles. The van der Waals surface area contributed by atoms with Crippen molar-refractivity contribution < 1.29 is 0 Å². The molecule has 100 valence electrons. The molecule has 0 amide bonds. The van der Waals surface area contributed by atoms with Gasteiger partial charge in [0.1, 0.15) is 0 Å². The summed E-state index contributed by atoms with van der Waals surface area (Å²) in [5.74, 6) is 0.628. The van der Waals surface area contributed by atoms with Crippen molar-refractivity contribution in [3.63, 3.8) is 0 Å². The number of hydrogen-bond donors (Lipinski definition) is 1. The van der Waals surface area contributed by atoms with Crippen LogP contribution in [0, 0.1) is 0 Å². The van der Waals surface area contributed by atoms with E-state index >= 15 is 0 Å². The summed E-state index contributed by atoms with van der Waals surface area (Å²) in [6.07, 6.45) is 0. The number of tetrazole rings is 1. The van der Waals surface area contributed by atoms with Crippen LogP contribution in [0.2, 0.25) is 5.02 Å². The molecule has 0 unspecified atom stereocenters. The third-order valence-electron chi connectivity index (χ3n) is 2.79. The zero-order valence-corrected chi connectivity index (χ0v) is 12.5. The molecule has 5 nitrogen and oxygen atoms in total. The Morgan fingerprint density at radius 2 is 1.85 bits per heavy atom. The number of nitrogen functional groups attached to an aromatic ring is 1. The van der Waals surface area contributed by atoms with E-state index in [0.717, 1.165) is 15.7 Å². The quantitative estimate of drug-likeness (QED) is 0.720. The molecular weight excluding hydrogens is 342 g/mol. The van der Waals surface area contributed by atoms with Crippen molar-refractivity contribution in [1.29, 1.82) is 0 Å². The second kappa shape index (κ2) is 5.22. The Morgan fingerprint density at radius 3 is 2.55 bits per heavy atom. The van der Waals surface area contributed by atoms with Gasteiger partial charge in [0.25, 0.3) is 0 Å². The molecule has 0 aliphatic rings. The van der Waals surface area contributed by atoms with Crippen molar-refractivity contribution >= 4 is 33.2 Å². The maximum atomic E-state index is 6.10. The van der Waals surface area contributed by atoms with Crippen LogP contribution in [-0.2, 0) is 0 Å². The summed E-state index contributed by atoms with van der Waals surface area (Å²) in [5.41, 5.74) is 8.04. The fourth-order valence-electron chi connectivity index (χ4n) is 1.79. The summed E-state index contributed by atoms with van der Waals surface area (Å²) in [7, 11) is 0. The van der Waals surface area contributed by atoms with Gasteiger partial charge in [0, 0.05) is 15.7 Å². The monoisotopic (exact) mass is 349 g/mol. The lowest BCUT2D eigenvalue weighted by Gasteiger charge is -2.06. The Bertz CT molecular complexity index is 754. The zero-order chi connectivity index (χ0) is 14.1. The topological polar surface area (TPSA) is 69.6 Å². The molecule has 0 fully saturated rings. The molecule has 1 aromatic heterocycles. The molecule has 0 aliphatic carbocycles. The van der Waals surface area contributed by atoms with Gasteiger partial charge in [0.15, 0.2) is 5.82 Å². The first-order chi connectivity index (χ1) is 9.65. The Morgan fingerprint density at radius 1 is 1.10 bits per heavy atom. The van der Waals surface area contributed by atoms with Crippen molar-refractivity contribution in [2.45, 2.75) is 0 Å². The van der Waals surface area contributed by atoms with Gasteiger partial charge < -0.3 is 5.73 Å². The van der Waals surface area contributed by atoms with Gasteiger partial charge in [-0.05, 0) is 68.8 Å². The number of aromatic nitrogens is 4. The number of benzene rings is 2. The molecular formula is C13H9BrClN5. The van der Waals surface area contributed by atoms with Crippen LogP contribution >= 0.6 is 27.5 Å². The number of anilines is 1. The standard InChI is InChI=1S/C13H9BrClN5/c14-11-6-5-10(7-12(11)15)20-13(17-18-19-20)8-1-3-9(16)4-2-8/h1-7H,16H2. The zero-order valence-electron chi connectivity index (χ0n) is 10.2. The van der Waals surface area contributed by atoms with Crippen LogP contribution < -0.4 is 5.73 Å². The highest BCUT2D eigenvalue weighted by Crippen LogP contribution is 2.26. The van der Waals surface area contributed by atoms with Gasteiger partial charge in [0.2, 0.25) is 0 Å². The summed E-state index contributed by atoms with van der Waals surface area (Å²) < 4.78 is 2.45. The van der Waals surface area contributed by atoms with Gasteiger partial charge in [-0.1, -0.05) is 11.6 Å². The maximum absolute atomic E-state index is 6.10. The summed E-state index contributed by atoms with van der Waals surface area (Å²) in [5, 5.41) is 12.4. The molecule has 7 heteroatoms. The van der Waals surface area contributed by atoms with Crippen molar-refractivity contribution in [3.05, 3.63) is 52.0 Å². The predicted octanol–water partition coefficient (Wildman–Crippen LogP) is 3.33. The third kappa shape index (κ3) is 2.39. The SMILES string of the molecule is Nc1ccc(-c2nnnn2-c2ccc(Br)c(Cl)c2)cc1. The Hall–Kier alpha value is -1.92. The molecule has 0 spiro atoms. The van der Waals surface area contributed by atoms with Crippen LogP contribution in [-0.4, -0.2) is 20.2 Å². The molecule has 0 atom stereocenters. The minimum Gasteiger partial charge on any atom is -0.399 e. The lowest BCUT2D eigenvalue weighted by molar-refractivity contribution is 0.791. The van der Waals surface area contributed by atoms with Gasteiger partial charge in [-0.2, -0.15) is 4.68 Å². The lowest BCUT2D eigenvalue weighted by Crippen LogP contribution is -2.00. The second-order valence-electron chi connectivity index (χ2n) is 4.13. The van der Waals surface area contributed by atoms with E-state index in [2.05, 4.69) is 31.5 Å². The van der Waals surface area contributed by atoms with Crippen molar-refractivity contribution in [3.8, 4) is 17.1 Å². The number of halogens is 2. The molecule has 2 N–H and O–H groups in total. The van der Waals surface area contributed by atoms with Gasteiger partial charge in [0.05, 0.1) is 10.7 Å². The fraction of sp³-hybridized carbons (Fsp3) is 0. The first kappa shape index (κ1) is 13.1. The minimum atomic E-state index is 0.598. The highest BCUT2D eigenvalue weighted by molar-refractivity contribution is 9.10. The Balaban J connectivity index is 2.10. The van der Waals surface area contributed by atoms with E-state index in [0.29, 0.717) is 16.5 Å².